The Labute approximate surface area is 172 Å². The van der Waals surface area contributed by atoms with Crippen LogP contribution in [0.5, 0.6) is 0 Å². The molecule has 30 heavy (non-hydrogen) atoms. The second kappa shape index (κ2) is 6.68. The van der Waals surface area contributed by atoms with Crippen LogP contribution in [-0.4, -0.2) is 52.9 Å². The number of aromatic nitrogens is 2. The van der Waals surface area contributed by atoms with Gasteiger partial charge in [0.2, 0.25) is 5.95 Å². The minimum absolute atomic E-state index is 0.132. The lowest BCUT2D eigenvalue weighted by Gasteiger charge is -2.23. The SMILES string of the molecule is Cc1cc(C)nc(N2C[C@H]3CN(C(=O)c4c(F)cccc4C4CC4(F)F)C[C@H]3C2)n1. The van der Waals surface area contributed by atoms with Crippen molar-refractivity contribution in [3.05, 3.63) is 52.6 Å². The number of rotatable bonds is 3. The molecule has 3 fully saturated rings. The molecule has 1 aromatic carbocycles. The van der Waals surface area contributed by atoms with Gasteiger partial charge in [-0.3, -0.25) is 4.79 Å². The van der Waals surface area contributed by atoms with Crippen LogP contribution in [0.25, 0.3) is 0 Å². The molecule has 1 amide bonds. The Hall–Kier alpha value is -2.64. The van der Waals surface area contributed by atoms with Crippen molar-refractivity contribution in [3.63, 3.8) is 0 Å². The van der Waals surface area contributed by atoms with Gasteiger partial charge in [-0.2, -0.15) is 0 Å². The molecule has 0 bridgehead atoms. The summed E-state index contributed by atoms with van der Waals surface area (Å²) in [6.07, 6.45) is -0.327. The zero-order chi connectivity index (χ0) is 21.2. The summed E-state index contributed by atoms with van der Waals surface area (Å²) >= 11 is 0. The number of carbonyl (C=O) groups excluding carboxylic acids is 1. The minimum atomic E-state index is -2.85. The van der Waals surface area contributed by atoms with Crippen LogP contribution < -0.4 is 4.90 Å². The maximum absolute atomic E-state index is 14.5. The normalized spacial score (nSPS) is 26.8. The highest BCUT2D eigenvalue weighted by molar-refractivity contribution is 5.96. The summed E-state index contributed by atoms with van der Waals surface area (Å²) in [5.74, 6) is -3.95. The van der Waals surface area contributed by atoms with E-state index in [1.54, 1.807) is 4.90 Å². The number of anilines is 1. The van der Waals surface area contributed by atoms with Gasteiger partial charge in [0.05, 0.1) is 11.5 Å². The fraction of sp³-hybridized carbons (Fsp3) is 0.500. The van der Waals surface area contributed by atoms with Crippen molar-refractivity contribution in [1.29, 1.82) is 0 Å². The number of carbonyl (C=O) groups is 1. The van der Waals surface area contributed by atoms with Crippen LogP contribution >= 0.6 is 0 Å². The number of aryl methyl sites for hydroxylation is 2. The van der Waals surface area contributed by atoms with Crippen molar-refractivity contribution in [3.8, 4) is 0 Å². The van der Waals surface area contributed by atoms with Gasteiger partial charge in [0.1, 0.15) is 5.82 Å². The van der Waals surface area contributed by atoms with Gasteiger partial charge in [-0.15, -0.1) is 0 Å². The number of amides is 1. The average Bonchev–Trinajstić information content (AvgIpc) is 2.99. The largest absolute Gasteiger partial charge is 0.340 e. The molecule has 5 nitrogen and oxygen atoms in total. The molecule has 1 unspecified atom stereocenters. The molecule has 0 spiro atoms. The lowest BCUT2D eigenvalue weighted by atomic mass is 10.0. The van der Waals surface area contributed by atoms with E-state index in [1.807, 2.05) is 19.9 Å². The number of fused-ring (bicyclic) bond motifs is 1. The quantitative estimate of drug-likeness (QED) is 0.768. The predicted octanol–water partition coefficient (Wildman–Crippen LogP) is 3.56. The van der Waals surface area contributed by atoms with Gasteiger partial charge in [-0.1, -0.05) is 12.1 Å². The molecule has 1 aromatic heterocycles. The topological polar surface area (TPSA) is 49.3 Å². The number of likely N-dealkylation sites (tertiary alicyclic amines) is 1. The average molecular weight is 416 g/mol. The number of hydrogen-bond acceptors (Lipinski definition) is 4. The van der Waals surface area contributed by atoms with E-state index in [9.17, 15) is 18.0 Å². The van der Waals surface area contributed by atoms with Crippen molar-refractivity contribution in [2.24, 2.45) is 11.8 Å². The van der Waals surface area contributed by atoms with E-state index in [0.717, 1.165) is 24.5 Å². The second-order valence-corrected chi connectivity index (χ2v) is 8.81. The van der Waals surface area contributed by atoms with E-state index in [4.69, 9.17) is 0 Å². The van der Waals surface area contributed by atoms with Crippen LogP contribution in [0, 0.1) is 31.5 Å². The minimum Gasteiger partial charge on any atom is -0.340 e. The van der Waals surface area contributed by atoms with Crippen molar-refractivity contribution in [2.45, 2.75) is 32.1 Å². The summed E-state index contributed by atoms with van der Waals surface area (Å²) in [4.78, 5) is 25.9. The van der Waals surface area contributed by atoms with Gasteiger partial charge in [-0.05, 0) is 31.5 Å². The molecule has 158 valence electrons. The summed E-state index contributed by atoms with van der Waals surface area (Å²) < 4.78 is 41.8. The van der Waals surface area contributed by atoms with E-state index >= 15 is 0 Å². The van der Waals surface area contributed by atoms with Crippen molar-refractivity contribution in [2.75, 3.05) is 31.1 Å². The van der Waals surface area contributed by atoms with Crippen LogP contribution in [-0.2, 0) is 0 Å². The van der Waals surface area contributed by atoms with Gasteiger partial charge in [0.15, 0.2) is 0 Å². The van der Waals surface area contributed by atoms with Gasteiger partial charge in [-0.25, -0.2) is 23.1 Å². The number of nitrogens with zero attached hydrogens (tertiary/aromatic N) is 4. The lowest BCUT2D eigenvalue weighted by Crippen LogP contribution is -2.34. The summed E-state index contributed by atoms with van der Waals surface area (Å²) in [5, 5.41) is 0. The summed E-state index contributed by atoms with van der Waals surface area (Å²) in [7, 11) is 0. The Morgan fingerprint density at radius 2 is 1.67 bits per heavy atom. The first kappa shape index (κ1) is 19.3. The van der Waals surface area contributed by atoms with Gasteiger partial charge < -0.3 is 9.80 Å². The first-order valence-corrected chi connectivity index (χ1v) is 10.3. The van der Waals surface area contributed by atoms with E-state index in [0.29, 0.717) is 19.0 Å². The smallest absolute Gasteiger partial charge is 0.257 e. The van der Waals surface area contributed by atoms with Crippen LogP contribution in [0.15, 0.2) is 24.3 Å². The first-order valence-electron chi connectivity index (χ1n) is 10.3. The molecular weight excluding hydrogens is 393 g/mol. The highest BCUT2D eigenvalue weighted by Crippen LogP contribution is 2.56. The third kappa shape index (κ3) is 3.22. The molecule has 0 N–H and O–H groups in total. The van der Waals surface area contributed by atoms with E-state index in [1.165, 1.54) is 18.2 Å². The molecule has 8 heteroatoms. The molecule has 0 radical (unpaired) electrons. The highest BCUT2D eigenvalue weighted by atomic mass is 19.3. The molecule has 2 aromatic rings. The molecule has 1 aliphatic carbocycles. The van der Waals surface area contributed by atoms with Crippen LogP contribution in [0.3, 0.4) is 0 Å². The Kier molecular flexibility index (Phi) is 4.31. The molecule has 3 heterocycles. The van der Waals surface area contributed by atoms with Gasteiger partial charge in [0.25, 0.3) is 11.8 Å². The molecular formula is C22H23F3N4O. The highest BCUT2D eigenvalue weighted by Gasteiger charge is 2.59. The van der Waals surface area contributed by atoms with Crippen LogP contribution in [0.1, 0.15) is 39.6 Å². The maximum atomic E-state index is 14.5. The first-order chi connectivity index (χ1) is 14.2. The number of halogens is 3. The molecule has 1 saturated carbocycles. The third-order valence-corrected chi connectivity index (χ3v) is 6.49. The monoisotopic (exact) mass is 416 g/mol. The number of alkyl halides is 2. The third-order valence-electron chi connectivity index (χ3n) is 6.49. The van der Waals surface area contributed by atoms with Gasteiger partial charge in [0, 0.05) is 55.8 Å². The van der Waals surface area contributed by atoms with E-state index < -0.39 is 23.6 Å². The van der Waals surface area contributed by atoms with E-state index in [2.05, 4.69) is 14.9 Å². The van der Waals surface area contributed by atoms with Gasteiger partial charge >= 0.3 is 0 Å². The van der Waals surface area contributed by atoms with E-state index in [-0.39, 0.29) is 29.4 Å². The van der Waals surface area contributed by atoms with Crippen LogP contribution in [0.4, 0.5) is 19.1 Å². The number of hydrogen-bond donors (Lipinski definition) is 0. The zero-order valence-electron chi connectivity index (χ0n) is 16.9. The Morgan fingerprint density at radius 3 is 2.23 bits per heavy atom. The fourth-order valence-electron chi connectivity index (χ4n) is 4.94. The van der Waals surface area contributed by atoms with Crippen molar-refractivity contribution in [1.82, 2.24) is 14.9 Å². The Bertz CT molecular complexity index is 993. The van der Waals surface area contributed by atoms with Crippen molar-refractivity contribution < 1.29 is 18.0 Å². The molecule has 2 saturated heterocycles. The second-order valence-electron chi connectivity index (χ2n) is 8.81. The predicted molar refractivity (Wildman–Crippen MR) is 105 cm³/mol. The Balaban J connectivity index is 1.32. The number of benzene rings is 1. The summed E-state index contributed by atoms with van der Waals surface area (Å²) in [5.41, 5.74) is 1.77. The maximum Gasteiger partial charge on any atom is 0.257 e. The fourth-order valence-corrected chi connectivity index (χ4v) is 4.94. The lowest BCUT2D eigenvalue weighted by molar-refractivity contribution is 0.0775. The zero-order valence-corrected chi connectivity index (χ0v) is 16.9. The Morgan fingerprint density at radius 1 is 1.07 bits per heavy atom. The standard InChI is InChI=1S/C22H23F3N4O/c1-12-6-13(2)27-21(26-12)29-10-14-8-28(9-15(14)11-29)20(30)19-16(4-3-5-18(19)23)17-7-22(17,24)25/h3-6,14-15,17H,7-11H2,1-2H3/t14-,15+,17?. The summed E-state index contributed by atoms with van der Waals surface area (Å²) in [6, 6.07) is 5.96. The molecule has 3 aliphatic rings. The van der Waals surface area contributed by atoms with Crippen molar-refractivity contribution >= 4 is 11.9 Å². The van der Waals surface area contributed by atoms with Crippen LogP contribution in [0.2, 0.25) is 0 Å². The molecule has 5 rings (SSSR count). The molecule has 2 aliphatic heterocycles. The summed E-state index contributed by atoms with van der Waals surface area (Å²) in [6.45, 7) is 6.29. The molecule has 3 atom stereocenters.